The van der Waals surface area contributed by atoms with Crippen molar-refractivity contribution in [2.45, 2.75) is 31.0 Å². The van der Waals surface area contributed by atoms with E-state index in [0.717, 1.165) is 23.4 Å². The molecule has 0 radical (unpaired) electrons. The summed E-state index contributed by atoms with van der Waals surface area (Å²) in [7, 11) is 0. The lowest BCUT2D eigenvalue weighted by Crippen LogP contribution is -2.28. The van der Waals surface area contributed by atoms with Gasteiger partial charge in [-0.05, 0) is 42.3 Å². The first-order chi connectivity index (χ1) is 15.5. The molecule has 32 heavy (non-hydrogen) atoms. The highest BCUT2D eigenvalue weighted by Crippen LogP contribution is 2.33. The fourth-order valence-corrected chi connectivity index (χ4v) is 5.17. The van der Waals surface area contributed by atoms with Crippen molar-refractivity contribution in [3.8, 4) is 5.69 Å². The fourth-order valence-electron chi connectivity index (χ4n) is 3.92. The molecule has 1 unspecified atom stereocenters. The van der Waals surface area contributed by atoms with Crippen LogP contribution in [0.15, 0.2) is 64.7 Å². The average Bonchev–Trinajstić information content (AvgIpc) is 3.40. The van der Waals surface area contributed by atoms with Gasteiger partial charge in [0.15, 0.2) is 10.8 Å². The smallest absolute Gasteiger partial charge is 0.265 e. The number of para-hydroxylation sites is 1. The Kier molecular flexibility index (Phi) is 5.48. The van der Waals surface area contributed by atoms with Gasteiger partial charge in [0.1, 0.15) is 5.39 Å². The first-order valence-corrected chi connectivity index (χ1v) is 11.7. The van der Waals surface area contributed by atoms with Gasteiger partial charge in [0, 0.05) is 22.9 Å². The standard InChI is InChI=1S/C23H20ClN5O2S/c1-2-14-5-3-4-6-19(14)26-20(30)11-17-13-32-23-27-21-18(22(31)28(17)23)12-25-29(21)16-9-7-15(24)8-10-16/h3-10,12,17H,2,11,13H2,1H3,(H,26,30). The lowest BCUT2D eigenvalue weighted by Gasteiger charge is -2.15. The fraction of sp³-hybridized carbons (Fsp3) is 0.217. The highest BCUT2D eigenvalue weighted by Gasteiger charge is 2.29. The van der Waals surface area contributed by atoms with Gasteiger partial charge in [0.2, 0.25) is 5.91 Å². The van der Waals surface area contributed by atoms with Crippen LogP contribution in [0.3, 0.4) is 0 Å². The third kappa shape index (κ3) is 3.69. The molecule has 0 bridgehead atoms. The van der Waals surface area contributed by atoms with Gasteiger partial charge < -0.3 is 5.32 Å². The van der Waals surface area contributed by atoms with E-state index in [-0.39, 0.29) is 23.9 Å². The van der Waals surface area contributed by atoms with Crippen LogP contribution in [-0.4, -0.2) is 31.0 Å². The molecule has 1 amide bonds. The second-order valence-electron chi connectivity index (χ2n) is 7.57. The Morgan fingerprint density at radius 1 is 1.22 bits per heavy atom. The minimum atomic E-state index is -0.257. The molecule has 0 fully saturated rings. The Morgan fingerprint density at radius 3 is 2.78 bits per heavy atom. The number of halogens is 1. The average molecular weight is 466 g/mol. The van der Waals surface area contributed by atoms with Crippen LogP contribution in [-0.2, 0) is 11.2 Å². The third-order valence-corrected chi connectivity index (χ3v) is 6.88. The summed E-state index contributed by atoms with van der Waals surface area (Å²) in [5.41, 5.74) is 2.99. The summed E-state index contributed by atoms with van der Waals surface area (Å²) < 4.78 is 3.27. The number of thioether (sulfide) groups is 1. The number of anilines is 1. The number of fused-ring (bicyclic) bond motifs is 2. The largest absolute Gasteiger partial charge is 0.326 e. The van der Waals surface area contributed by atoms with Gasteiger partial charge in [-0.3, -0.25) is 14.2 Å². The van der Waals surface area contributed by atoms with Crippen LogP contribution in [0.4, 0.5) is 5.69 Å². The molecule has 162 valence electrons. The SMILES string of the molecule is CCc1ccccc1NC(=O)CC1CSc2nc3c(cnn3-c3ccc(Cl)cc3)c(=O)n21. The Bertz CT molecular complexity index is 1380. The molecule has 0 spiro atoms. The predicted molar refractivity (Wildman–Crippen MR) is 127 cm³/mol. The lowest BCUT2D eigenvalue weighted by molar-refractivity contribution is -0.116. The number of nitrogens with one attached hydrogen (secondary N) is 1. The molecule has 5 rings (SSSR count). The molecule has 2 aromatic heterocycles. The molecule has 1 aliphatic heterocycles. The maximum Gasteiger partial charge on any atom is 0.265 e. The van der Waals surface area contributed by atoms with E-state index >= 15 is 0 Å². The minimum Gasteiger partial charge on any atom is -0.326 e. The van der Waals surface area contributed by atoms with E-state index in [9.17, 15) is 9.59 Å². The molecule has 1 atom stereocenters. The predicted octanol–water partition coefficient (Wildman–Crippen LogP) is 4.47. The van der Waals surface area contributed by atoms with Gasteiger partial charge in [-0.1, -0.05) is 48.5 Å². The summed E-state index contributed by atoms with van der Waals surface area (Å²) in [4.78, 5) is 30.7. The van der Waals surface area contributed by atoms with Gasteiger partial charge >= 0.3 is 0 Å². The van der Waals surface area contributed by atoms with Gasteiger partial charge in [-0.25, -0.2) is 9.67 Å². The van der Waals surface area contributed by atoms with Crippen molar-refractivity contribution in [3.63, 3.8) is 0 Å². The van der Waals surface area contributed by atoms with E-state index in [2.05, 4.69) is 17.3 Å². The van der Waals surface area contributed by atoms with Gasteiger partial charge in [0.25, 0.3) is 5.56 Å². The molecule has 4 aromatic rings. The van der Waals surface area contributed by atoms with Crippen molar-refractivity contribution in [2.75, 3.05) is 11.1 Å². The number of hydrogen-bond donors (Lipinski definition) is 1. The number of amides is 1. The summed E-state index contributed by atoms with van der Waals surface area (Å²) in [6, 6.07) is 14.7. The Balaban J connectivity index is 1.44. The number of nitrogens with zero attached hydrogens (tertiary/aromatic N) is 4. The van der Waals surface area contributed by atoms with Gasteiger partial charge in [0.05, 0.1) is 17.9 Å². The van der Waals surface area contributed by atoms with Crippen molar-refractivity contribution in [2.24, 2.45) is 0 Å². The van der Waals surface area contributed by atoms with Crippen LogP contribution < -0.4 is 10.9 Å². The normalized spacial score (nSPS) is 15.1. The lowest BCUT2D eigenvalue weighted by atomic mass is 10.1. The summed E-state index contributed by atoms with van der Waals surface area (Å²) >= 11 is 7.46. The number of carbonyl (C=O) groups excluding carboxylic acids is 1. The highest BCUT2D eigenvalue weighted by molar-refractivity contribution is 7.99. The van der Waals surface area contributed by atoms with E-state index in [4.69, 9.17) is 16.6 Å². The first kappa shape index (κ1) is 20.8. The van der Waals surface area contributed by atoms with Gasteiger partial charge in [-0.15, -0.1) is 0 Å². The van der Waals surface area contributed by atoms with E-state index in [1.165, 1.54) is 18.0 Å². The molecule has 7 nitrogen and oxygen atoms in total. The number of carbonyl (C=O) groups is 1. The molecule has 0 saturated heterocycles. The van der Waals surface area contributed by atoms with Crippen molar-refractivity contribution in [3.05, 3.63) is 75.7 Å². The summed E-state index contributed by atoms with van der Waals surface area (Å²) in [5, 5.41) is 9.01. The zero-order valence-corrected chi connectivity index (χ0v) is 18.9. The summed E-state index contributed by atoms with van der Waals surface area (Å²) in [6.07, 6.45) is 2.57. The van der Waals surface area contributed by atoms with Crippen molar-refractivity contribution in [1.29, 1.82) is 0 Å². The monoisotopic (exact) mass is 465 g/mol. The van der Waals surface area contributed by atoms with Crippen LogP contribution in [0.1, 0.15) is 24.9 Å². The molecule has 1 aliphatic rings. The van der Waals surface area contributed by atoms with Crippen LogP contribution in [0.2, 0.25) is 5.02 Å². The Hall–Kier alpha value is -3.10. The minimum absolute atomic E-state index is 0.117. The molecular formula is C23H20ClN5O2S. The summed E-state index contributed by atoms with van der Waals surface area (Å²) in [6.45, 7) is 2.05. The van der Waals surface area contributed by atoms with E-state index < -0.39 is 0 Å². The molecule has 0 saturated carbocycles. The second-order valence-corrected chi connectivity index (χ2v) is 8.99. The first-order valence-electron chi connectivity index (χ1n) is 10.3. The van der Waals surface area contributed by atoms with Gasteiger partial charge in [-0.2, -0.15) is 5.10 Å². The highest BCUT2D eigenvalue weighted by atomic mass is 35.5. The molecule has 3 heterocycles. The van der Waals surface area contributed by atoms with Crippen LogP contribution >= 0.6 is 23.4 Å². The van der Waals surface area contributed by atoms with Crippen molar-refractivity contribution < 1.29 is 4.79 Å². The van der Waals surface area contributed by atoms with Crippen molar-refractivity contribution >= 4 is 46.0 Å². The molecule has 9 heteroatoms. The van der Waals surface area contributed by atoms with E-state index in [1.54, 1.807) is 21.4 Å². The number of hydrogen-bond acceptors (Lipinski definition) is 5. The van der Waals surface area contributed by atoms with Crippen LogP contribution in [0.5, 0.6) is 0 Å². The molecular weight excluding hydrogens is 446 g/mol. The number of benzene rings is 2. The van der Waals surface area contributed by atoms with E-state index in [0.29, 0.717) is 27.0 Å². The number of aryl methyl sites for hydroxylation is 1. The summed E-state index contributed by atoms with van der Waals surface area (Å²) in [5.74, 6) is 0.500. The topological polar surface area (TPSA) is 81.8 Å². The second kappa shape index (κ2) is 8.44. The number of rotatable bonds is 5. The number of aromatic nitrogens is 4. The van der Waals surface area contributed by atoms with E-state index in [1.807, 2.05) is 36.4 Å². The third-order valence-electron chi connectivity index (χ3n) is 5.54. The molecule has 1 N–H and O–H groups in total. The Morgan fingerprint density at radius 2 is 2.00 bits per heavy atom. The maximum absolute atomic E-state index is 13.3. The zero-order valence-electron chi connectivity index (χ0n) is 17.3. The van der Waals surface area contributed by atoms with Crippen LogP contribution in [0.25, 0.3) is 16.7 Å². The molecule has 0 aliphatic carbocycles. The van der Waals surface area contributed by atoms with Crippen LogP contribution in [0, 0.1) is 0 Å². The zero-order chi connectivity index (χ0) is 22.2. The quantitative estimate of drug-likeness (QED) is 0.439. The van der Waals surface area contributed by atoms with Crippen molar-refractivity contribution in [1.82, 2.24) is 19.3 Å². The Labute approximate surface area is 193 Å². The maximum atomic E-state index is 13.3. The molecule has 2 aromatic carbocycles.